The van der Waals surface area contributed by atoms with Gasteiger partial charge in [-0.25, -0.2) is 0 Å². The number of hydrogen-bond acceptors (Lipinski definition) is 3. The maximum Gasteiger partial charge on any atom is 0.192 e. The smallest absolute Gasteiger partial charge is 0.192 e. The molecule has 1 heterocycles. The fourth-order valence-electron chi connectivity index (χ4n) is 2.70. The number of aliphatic imine (C=N–C) groups is 1. The van der Waals surface area contributed by atoms with E-state index in [9.17, 15) is 0 Å². The van der Waals surface area contributed by atoms with E-state index < -0.39 is 0 Å². The Morgan fingerprint density at radius 2 is 2.22 bits per heavy atom. The SMILES string of the molecule is CC1(c2ccc(Br)cc2Cl)CN=C(N)N1C1CC1. The fourth-order valence-corrected chi connectivity index (χ4v) is 3.58. The summed E-state index contributed by atoms with van der Waals surface area (Å²) >= 11 is 9.83. The van der Waals surface area contributed by atoms with Gasteiger partial charge in [-0.15, -0.1) is 0 Å². The van der Waals surface area contributed by atoms with Gasteiger partial charge < -0.3 is 10.6 Å². The Bertz CT molecular complexity index is 527. The average Bonchev–Trinajstić information content (AvgIpc) is 3.06. The van der Waals surface area contributed by atoms with Crippen molar-refractivity contribution in [2.75, 3.05) is 6.54 Å². The van der Waals surface area contributed by atoms with Crippen molar-refractivity contribution in [1.29, 1.82) is 0 Å². The number of nitrogens with zero attached hydrogens (tertiary/aromatic N) is 2. The van der Waals surface area contributed by atoms with Gasteiger partial charge in [0.05, 0.1) is 12.1 Å². The molecule has 0 amide bonds. The van der Waals surface area contributed by atoms with E-state index in [-0.39, 0.29) is 5.54 Å². The van der Waals surface area contributed by atoms with Crippen LogP contribution in [0.1, 0.15) is 25.3 Å². The standard InChI is InChI=1S/C13H15BrClN3/c1-13(10-5-2-8(14)6-11(10)15)7-17-12(16)18(13)9-3-4-9/h2,5-6,9H,3-4,7H2,1H3,(H2,16,17). The summed E-state index contributed by atoms with van der Waals surface area (Å²) < 4.78 is 0.990. The van der Waals surface area contributed by atoms with Crippen molar-refractivity contribution >= 4 is 33.5 Å². The Balaban J connectivity index is 2.04. The molecular formula is C13H15BrClN3. The van der Waals surface area contributed by atoms with Gasteiger partial charge >= 0.3 is 0 Å². The van der Waals surface area contributed by atoms with Gasteiger partial charge in [0, 0.05) is 15.5 Å². The van der Waals surface area contributed by atoms with E-state index in [1.165, 1.54) is 12.8 Å². The molecule has 2 aliphatic rings. The Labute approximate surface area is 120 Å². The Kier molecular flexibility index (Phi) is 2.83. The van der Waals surface area contributed by atoms with E-state index in [4.69, 9.17) is 17.3 Å². The molecule has 0 spiro atoms. The van der Waals surface area contributed by atoms with E-state index in [0.717, 1.165) is 15.1 Å². The topological polar surface area (TPSA) is 41.6 Å². The molecule has 2 N–H and O–H groups in total. The van der Waals surface area contributed by atoms with Gasteiger partial charge in [0.1, 0.15) is 0 Å². The van der Waals surface area contributed by atoms with E-state index in [2.05, 4.69) is 38.8 Å². The third-order valence-electron chi connectivity index (χ3n) is 3.75. The highest BCUT2D eigenvalue weighted by Crippen LogP contribution is 2.43. The van der Waals surface area contributed by atoms with Gasteiger partial charge in [-0.2, -0.15) is 0 Å². The predicted octanol–water partition coefficient (Wildman–Crippen LogP) is 3.11. The zero-order valence-electron chi connectivity index (χ0n) is 10.2. The van der Waals surface area contributed by atoms with Gasteiger partial charge in [0.15, 0.2) is 5.96 Å². The molecule has 1 atom stereocenters. The molecule has 1 aromatic carbocycles. The Hall–Kier alpha value is -0.740. The highest BCUT2D eigenvalue weighted by Gasteiger charge is 2.47. The molecule has 1 fully saturated rings. The molecular weight excluding hydrogens is 314 g/mol. The van der Waals surface area contributed by atoms with Crippen LogP contribution in [-0.2, 0) is 5.54 Å². The van der Waals surface area contributed by atoms with Crippen LogP contribution in [0, 0.1) is 0 Å². The molecule has 1 aromatic rings. The van der Waals surface area contributed by atoms with Gasteiger partial charge in [0.25, 0.3) is 0 Å². The summed E-state index contributed by atoms with van der Waals surface area (Å²) in [6, 6.07) is 6.55. The monoisotopic (exact) mass is 327 g/mol. The Morgan fingerprint density at radius 1 is 1.50 bits per heavy atom. The summed E-state index contributed by atoms with van der Waals surface area (Å²) in [5.74, 6) is 0.652. The first-order valence-corrected chi connectivity index (χ1v) is 7.24. The second-order valence-corrected chi connectivity index (χ2v) is 6.50. The Morgan fingerprint density at radius 3 is 2.83 bits per heavy atom. The van der Waals surface area contributed by atoms with Crippen molar-refractivity contribution < 1.29 is 0 Å². The summed E-state index contributed by atoms with van der Waals surface area (Å²) in [5, 5.41) is 0.766. The maximum atomic E-state index is 6.39. The van der Waals surface area contributed by atoms with E-state index >= 15 is 0 Å². The summed E-state index contributed by atoms with van der Waals surface area (Å²) in [6.45, 7) is 2.85. The minimum absolute atomic E-state index is 0.205. The number of nitrogens with two attached hydrogens (primary N) is 1. The minimum Gasteiger partial charge on any atom is -0.370 e. The van der Waals surface area contributed by atoms with Gasteiger partial charge in [-0.05, 0) is 37.5 Å². The van der Waals surface area contributed by atoms with Crippen molar-refractivity contribution in [3.05, 3.63) is 33.3 Å². The normalized spacial score (nSPS) is 27.5. The first kappa shape index (κ1) is 12.3. The van der Waals surface area contributed by atoms with Crippen LogP contribution >= 0.6 is 27.5 Å². The zero-order chi connectivity index (χ0) is 12.9. The highest BCUT2D eigenvalue weighted by atomic mass is 79.9. The van der Waals surface area contributed by atoms with Gasteiger partial charge in [0.2, 0.25) is 0 Å². The minimum atomic E-state index is -0.205. The molecule has 3 rings (SSSR count). The zero-order valence-corrected chi connectivity index (χ0v) is 12.5. The quantitative estimate of drug-likeness (QED) is 0.906. The molecule has 96 valence electrons. The summed E-state index contributed by atoms with van der Waals surface area (Å²) in [5.41, 5.74) is 6.93. The predicted molar refractivity (Wildman–Crippen MR) is 77.9 cm³/mol. The number of halogens is 2. The first-order chi connectivity index (χ1) is 8.52. The van der Waals surface area contributed by atoms with Crippen molar-refractivity contribution in [2.45, 2.75) is 31.3 Å². The molecule has 1 aliphatic carbocycles. The summed E-state index contributed by atoms with van der Waals surface area (Å²) in [4.78, 5) is 6.66. The number of guanidine groups is 1. The summed E-state index contributed by atoms with van der Waals surface area (Å²) in [6.07, 6.45) is 2.39. The number of benzene rings is 1. The summed E-state index contributed by atoms with van der Waals surface area (Å²) in [7, 11) is 0. The van der Waals surface area contributed by atoms with Gasteiger partial charge in [-0.1, -0.05) is 33.6 Å². The largest absolute Gasteiger partial charge is 0.370 e. The number of rotatable bonds is 2. The molecule has 1 aliphatic heterocycles. The molecule has 3 nitrogen and oxygen atoms in total. The highest BCUT2D eigenvalue weighted by molar-refractivity contribution is 9.10. The lowest BCUT2D eigenvalue weighted by molar-refractivity contribution is 0.216. The van der Waals surface area contributed by atoms with Crippen molar-refractivity contribution in [2.24, 2.45) is 10.7 Å². The van der Waals surface area contributed by atoms with E-state index in [1.54, 1.807) is 0 Å². The van der Waals surface area contributed by atoms with E-state index in [1.807, 2.05) is 12.1 Å². The van der Waals surface area contributed by atoms with Crippen LogP contribution in [0.2, 0.25) is 5.02 Å². The third kappa shape index (κ3) is 1.82. The lowest BCUT2D eigenvalue weighted by Gasteiger charge is -2.37. The second-order valence-electron chi connectivity index (χ2n) is 5.17. The van der Waals surface area contributed by atoms with Crippen LogP contribution in [0.5, 0.6) is 0 Å². The molecule has 5 heteroatoms. The van der Waals surface area contributed by atoms with Crippen LogP contribution in [0.4, 0.5) is 0 Å². The third-order valence-corrected chi connectivity index (χ3v) is 4.56. The maximum absolute atomic E-state index is 6.39. The van der Waals surface area contributed by atoms with Crippen molar-refractivity contribution in [3.8, 4) is 0 Å². The number of hydrogen-bond donors (Lipinski definition) is 1. The van der Waals surface area contributed by atoms with Crippen LogP contribution in [-0.4, -0.2) is 23.4 Å². The van der Waals surface area contributed by atoms with Crippen LogP contribution in [0.15, 0.2) is 27.7 Å². The van der Waals surface area contributed by atoms with Crippen LogP contribution in [0.3, 0.4) is 0 Å². The molecule has 0 radical (unpaired) electrons. The molecule has 1 saturated carbocycles. The van der Waals surface area contributed by atoms with Crippen LogP contribution in [0.25, 0.3) is 0 Å². The first-order valence-electron chi connectivity index (χ1n) is 6.07. The van der Waals surface area contributed by atoms with Gasteiger partial charge in [-0.3, -0.25) is 4.99 Å². The van der Waals surface area contributed by atoms with Crippen molar-refractivity contribution in [3.63, 3.8) is 0 Å². The average molecular weight is 329 g/mol. The van der Waals surface area contributed by atoms with E-state index in [0.29, 0.717) is 18.5 Å². The van der Waals surface area contributed by atoms with Crippen molar-refractivity contribution in [1.82, 2.24) is 4.90 Å². The molecule has 1 unspecified atom stereocenters. The fraction of sp³-hybridized carbons (Fsp3) is 0.462. The molecule has 0 aromatic heterocycles. The molecule has 18 heavy (non-hydrogen) atoms. The second kappa shape index (κ2) is 4.14. The van der Waals surface area contributed by atoms with Crippen LogP contribution < -0.4 is 5.73 Å². The molecule has 0 saturated heterocycles. The molecule has 0 bridgehead atoms. The lowest BCUT2D eigenvalue weighted by Crippen LogP contribution is -2.48. The lowest BCUT2D eigenvalue weighted by atomic mass is 9.91.